The Labute approximate surface area is 90.3 Å². The molecule has 0 bridgehead atoms. The van der Waals surface area contributed by atoms with E-state index in [0.29, 0.717) is 6.42 Å². The Kier molecular flexibility index (Phi) is 2.68. The van der Waals surface area contributed by atoms with Gasteiger partial charge in [0.25, 0.3) is 0 Å². The van der Waals surface area contributed by atoms with Crippen LogP contribution in [0, 0.1) is 5.92 Å². The van der Waals surface area contributed by atoms with Crippen LogP contribution in [0.4, 0.5) is 0 Å². The molecule has 1 heterocycles. The molecule has 1 rings (SSSR count). The lowest BCUT2D eigenvalue weighted by Gasteiger charge is -2.52. The normalized spacial score (nSPS) is 30.2. The molecule has 1 N–H and O–H groups in total. The quantitative estimate of drug-likeness (QED) is 0.664. The molecular weight excluding hydrogens is 194 g/mol. The number of hydrogen-bond donors (Lipinski definition) is 1. The monoisotopic (exact) mass is 213 g/mol. The number of rotatable bonds is 1. The Hall–Kier alpha value is -0.900. The predicted molar refractivity (Wildman–Crippen MR) is 56.7 cm³/mol. The Morgan fingerprint density at radius 2 is 1.87 bits per heavy atom. The zero-order chi connectivity index (χ0) is 12.0. The Morgan fingerprint density at radius 1 is 1.40 bits per heavy atom. The van der Waals surface area contributed by atoms with E-state index >= 15 is 0 Å². The van der Waals surface area contributed by atoms with Crippen molar-refractivity contribution in [1.29, 1.82) is 0 Å². The summed E-state index contributed by atoms with van der Waals surface area (Å²) in [6.07, 6.45) is 0.296. The third-order valence-corrected chi connectivity index (χ3v) is 3.65. The van der Waals surface area contributed by atoms with Gasteiger partial charge in [0.2, 0.25) is 0 Å². The number of aliphatic carboxylic acids is 1. The van der Waals surface area contributed by atoms with Gasteiger partial charge in [-0.05, 0) is 34.7 Å². The lowest BCUT2D eigenvalue weighted by atomic mass is 9.72. The summed E-state index contributed by atoms with van der Waals surface area (Å²) in [5, 5.41) is 9.08. The van der Waals surface area contributed by atoms with Crippen LogP contribution in [0.2, 0.25) is 0 Å². The summed E-state index contributed by atoms with van der Waals surface area (Å²) >= 11 is 0. The second kappa shape index (κ2) is 3.30. The van der Waals surface area contributed by atoms with Gasteiger partial charge in [0.05, 0.1) is 0 Å². The maximum absolute atomic E-state index is 11.8. The van der Waals surface area contributed by atoms with E-state index in [4.69, 9.17) is 5.11 Å². The van der Waals surface area contributed by atoms with Gasteiger partial charge in [-0.25, -0.2) is 0 Å². The fraction of sp³-hybridized carbons (Fsp3) is 0.818. The number of carbonyl (C=O) groups is 2. The van der Waals surface area contributed by atoms with Crippen molar-refractivity contribution in [2.24, 2.45) is 5.92 Å². The molecule has 4 heteroatoms. The summed E-state index contributed by atoms with van der Waals surface area (Å²) < 4.78 is 0. The van der Waals surface area contributed by atoms with Crippen molar-refractivity contribution < 1.29 is 14.7 Å². The van der Waals surface area contributed by atoms with Gasteiger partial charge in [-0.15, -0.1) is 0 Å². The number of carbonyl (C=O) groups excluding carboxylic acids is 1. The smallest absolute Gasteiger partial charge is 0.315 e. The summed E-state index contributed by atoms with van der Waals surface area (Å²) in [4.78, 5) is 24.9. The second-order valence-electron chi connectivity index (χ2n) is 5.44. The highest BCUT2D eigenvalue weighted by Gasteiger charge is 2.52. The highest BCUT2D eigenvalue weighted by molar-refractivity contribution is 6.00. The van der Waals surface area contributed by atoms with E-state index in [1.807, 2.05) is 39.6 Å². The van der Waals surface area contributed by atoms with Crippen LogP contribution in [0.3, 0.4) is 0 Å². The number of Topliss-reactive ketones (excluding diaryl/α,β-unsaturated/α-hetero) is 1. The summed E-state index contributed by atoms with van der Waals surface area (Å²) in [6, 6.07) is 0. The topological polar surface area (TPSA) is 57.6 Å². The van der Waals surface area contributed by atoms with Gasteiger partial charge in [-0.2, -0.15) is 0 Å². The van der Waals surface area contributed by atoms with Crippen LogP contribution in [0.1, 0.15) is 34.1 Å². The van der Waals surface area contributed by atoms with E-state index in [9.17, 15) is 9.59 Å². The molecule has 0 aromatic heterocycles. The number of carboxylic acid groups (broad SMARTS) is 1. The van der Waals surface area contributed by atoms with E-state index < -0.39 is 17.4 Å². The van der Waals surface area contributed by atoms with E-state index in [1.165, 1.54) is 0 Å². The third kappa shape index (κ3) is 1.78. The fourth-order valence-electron chi connectivity index (χ4n) is 2.45. The van der Waals surface area contributed by atoms with E-state index in [0.717, 1.165) is 0 Å². The standard InChI is InChI=1S/C11H19NO3/c1-10(2)6-7(13)8(9(14)15)11(3,4)12(10)5/h8H,6H2,1-5H3,(H,14,15). The number of hydrogen-bond acceptors (Lipinski definition) is 3. The first-order valence-corrected chi connectivity index (χ1v) is 5.10. The first-order valence-electron chi connectivity index (χ1n) is 5.10. The van der Waals surface area contributed by atoms with Gasteiger partial charge in [-0.3, -0.25) is 14.5 Å². The number of piperidine rings is 1. The maximum Gasteiger partial charge on any atom is 0.315 e. The number of nitrogens with zero attached hydrogens (tertiary/aromatic N) is 1. The van der Waals surface area contributed by atoms with Crippen molar-refractivity contribution >= 4 is 11.8 Å². The van der Waals surface area contributed by atoms with Gasteiger partial charge < -0.3 is 5.11 Å². The molecule has 1 fully saturated rings. The average Bonchev–Trinajstić information content (AvgIpc) is 1.98. The molecule has 1 aliphatic rings. The van der Waals surface area contributed by atoms with Gasteiger partial charge in [0.15, 0.2) is 5.78 Å². The van der Waals surface area contributed by atoms with Crippen molar-refractivity contribution in [3.63, 3.8) is 0 Å². The lowest BCUT2D eigenvalue weighted by molar-refractivity contribution is -0.161. The fourth-order valence-corrected chi connectivity index (χ4v) is 2.45. The highest BCUT2D eigenvalue weighted by atomic mass is 16.4. The van der Waals surface area contributed by atoms with E-state index in [2.05, 4.69) is 0 Å². The Bertz CT molecular complexity index is 307. The largest absolute Gasteiger partial charge is 0.481 e. The molecule has 0 radical (unpaired) electrons. The number of ketones is 1. The Morgan fingerprint density at radius 3 is 2.27 bits per heavy atom. The van der Waals surface area contributed by atoms with Crippen LogP contribution in [-0.2, 0) is 9.59 Å². The maximum atomic E-state index is 11.8. The predicted octanol–water partition coefficient (Wildman–Crippen LogP) is 1.15. The van der Waals surface area contributed by atoms with Crippen molar-refractivity contribution in [3.05, 3.63) is 0 Å². The minimum Gasteiger partial charge on any atom is -0.481 e. The third-order valence-electron chi connectivity index (χ3n) is 3.65. The molecule has 0 spiro atoms. The van der Waals surface area contributed by atoms with Crippen molar-refractivity contribution in [1.82, 2.24) is 4.90 Å². The molecule has 1 aliphatic heterocycles. The van der Waals surface area contributed by atoms with Gasteiger partial charge in [-0.1, -0.05) is 0 Å². The van der Waals surface area contributed by atoms with Crippen LogP contribution < -0.4 is 0 Å². The number of likely N-dealkylation sites (tertiary alicyclic amines) is 1. The highest BCUT2D eigenvalue weighted by Crippen LogP contribution is 2.38. The minimum absolute atomic E-state index is 0.171. The molecule has 0 aromatic rings. The van der Waals surface area contributed by atoms with Gasteiger partial charge in [0, 0.05) is 17.5 Å². The number of carboxylic acids is 1. The Balaban J connectivity index is 3.16. The molecule has 0 amide bonds. The van der Waals surface area contributed by atoms with Crippen LogP contribution in [0.5, 0.6) is 0 Å². The molecule has 4 nitrogen and oxygen atoms in total. The molecular formula is C11H19NO3. The molecule has 1 unspecified atom stereocenters. The average molecular weight is 213 g/mol. The van der Waals surface area contributed by atoms with Crippen molar-refractivity contribution in [2.45, 2.75) is 45.2 Å². The summed E-state index contributed by atoms with van der Waals surface area (Å²) in [5.41, 5.74) is -0.906. The summed E-state index contributed by atoms with van der Waals surface area (Å²) in [7, 11) is 1.88. The van der Waals surface area contributed by atoms with Crippen molar-refractivity contribution in [2.75, 3.05) is 7.05 Å². The zero-order valence-electron chi connectivity index (χ0n) is 10.00. The first kappa shape index (κ1) is 12.2. The molecule has 15 heavy (non-hydrogen) atoms. The van der Waals surface area contributed by atoms with Crippen molar-refractivity contribution in [3.8, 4) is 0 Å². The second-order valence-corrected chi connectivity index (χ2v) is 5.44. The van der Waals surface area contributed by atoms with E-state index in [-0.39, 0.29) is 11.3 Å². The SMILES string of the molecule is CN1C(C)(C)CC(=O)C(C(=O)O)C1(C)C. The molecule has 1 atom stereocenters. The molecule has 86 valence electrons. The summed E-state index contributed by atoms with van der Waals surface area (Å²) in [6.45, 7) is 7.55. The van der Waals surface area contributed by atoms with Crippen LogP contribution in [-0.4, -0.2) is 39.9 Å². The molecule has 1 saturated heterocycles. The van der Waals surface area contributed by atoms with Gasteiger partial charge in [0.1, 0.15) is 5.92 Å². The van der Waals surface area contributed by atoms with Crippen LogP contribution >= 0.6 is 0 Å². The first-order chi connectivity index (χ1) is 6.60. The zero-order valence-corrected chi connectivity index (χ0v) is 10.00. The van der Waals surface area contributed by atoms with Gasteiger partial charge >= 0.3 is 5.97 Å². The van der Waals surface area contributed by atoms with E-state index in [1.54, 1.807) is 0 Å². The van der Waals surface area contributed by atoms with Crippen LogP contribution in [0.25, 0.3) is 0 Å². The lowest BCUT2D eigenvalue weighted by Crippen LogP contribution is -2.65. The molecule has 0 aromatic carbocycles. The molecule has 0 saturated carbocycles. The van der Waals surface area contributed by atoms with Crippen LogP contribution in [0.15, 0.2) is 0 Å². The minimum atomic E-state index is -1.02. The summed E-state index contributed by atoms with van der Waals surface area (Å²) in [5.74, 6) is -2.11. The molecule has 0 aliphatic carbocycles.